The van der Waals surface area contributed by atoms with E-state index in [0.29, 0.717) is 11.8 Å². The molecule has 0 aliphatic rings. The third-order valence-corrected chi connectivity index (χ3v) is 2.15. The van der Waals surface area contributed by atoms with E-state index in [1.165, 1.54) is 0 Å². The molecule has 1 aromatic heterocycles. The number of terminal acetylenes is 1. The first-order valence-corrected chi connectivity index (χ1v) is 4.25. The molecule has 0 fully saturated rings. The zero-order chi connectivity index (χ0) is 9.26. The normalized spacial score (nSPS) is 10.2. The van der Waals surface area contributed by atoms with Gasteiger partial charge in [-0.1, -0.05) is 18.1 Å². The van der Waals surface area contributed by atoms with Gasteiger partial charge in [-0.15, -0.1) is 6.42 Å². The van der Waals surface area contributed by atoms with Gasteiger partial charge in [-0.2, -0.15) is 0 Å². The van der Waals surface area contributed by atoms with Crippen LogP contribution in [-0.2, 0) is 6.54 Å². The molecule has 0 N–H and O–H groups in total. The van der Waals surface area contributed by atoms with Crippen LogP contribution >= 0.6 is 11.6 Å². The van der Waals surface area contributed by atoms with Crippen molar-refractivity contribution < 1.29 is 0 Å². The molecule has 0 saturated carbocycles. The summed E-state index contributed by atoms with van der Waals surface area (Å²) in [6.07, 6.45) is 5.22. The number of benzene rings is 1. The lowest BCUT2D eigenvalue weighted by atomic mass is 10.3. The first-order valence-electron chi connectivity index (χ1n) is 3.87. The number of fused-ring (bicyclic) bond motifs is 1. The molecule has 0 unspecified atom stereocenters. The van der Waals surface area contributed by atoms with Crippen LogP contribution in [0.4, 0.5) is 0 Å². The SMILES string of the molecule is C#CCn1c(Cl)nc2ccccc21. The monoisotopic (exact) mass is 190 g/mol. The van der Waals surface area contributed by atoms with Gasteiger partial charge in [0.05, 0.1) is 17.6 Å². The highest BCUT2D eigenvalue weighted by Gasteiger charge is 2.05. The summed E-state index contributed by atoms with van der Waals surface area (Å²) in [5, 5.41) is 0.444. The molecule has 0 spiro atoms. The Bertz CT molecular complexity index is 479. The van der Waals surface area contributed by atoms with Crippen LogP contribution in [-0.4, -0.2) is 9.55 Å². The Morgan fingerprint density at radius 2 is 2.23 bits per heavy atom. The first-order chi connectivity index (χ1) is 6.33. The Labute approximate surface area is 81.1 Å². The van der Waals surface area contributed by atoms with Gasteiger partial charge in [-0.05, 0) is 23.7 Å². The van der Waals surface area contributed by atoms with Crippen LogP contribution < -0.4 is 0 Å². The first kappa shape index (κ1) is 8.15. The number of imidazole rings is 1. The Hall–Kier alpha value is -1.46. The standard InChI is InChI=1S/C10H7ClN2/c1-2-7-13-9-6-4-3-5-8(9)12-10(13)11/h1,3-6H,7H2. The molecule has 2 nitrogen and oxygen atoms in total. The van der Waals surface area contributed by atoms with Gasteiger partial charge in [0.2, 0.25) is 5.28 Å². The zero-order valence-corrected chi connectivity index (χ0v) is 7.62. The van der Waals surface area contributed by atoms with Crippen molar-refractivity contribution in [3.05, 3.63) is 29.5 Å². The molecule has 3 heteroatoms. The van der Waals surface area contributed by atoms with Crippen LogP contribution in [0, 0.1) is 12.3 Å². The molecule has 13 heavy (non-hydrogen) atoms. The number of hydrogen-bond donors (Lipinski definition) is 0. The van der Waals surface area contributed by atoms with Gasteiger partial charge in [0.25, 0.3) is 0 Å². The largest absolute Gasteiger partial charge is 0.303 e. The third kappa shape index (κ3) is 1.28. The fourth-order valence-electron chi connectivity index (χ4n) is 1.29. The smallest absolute Gasteiger partial charge is 0.204 e. The second-order valence-electron chi connectivity index (χ2n) is 2.66. The molecule has 0 saturated heterocycles. The maximum Gasteiger partial charge on any atom is 0.204 e. The lowest BCUT2D eigenvalue weighted by Crippen LogP contribution is -1.94. The molecule has 0 bridgehead atoms. The fraction of sp³-hybridized carbons (Fsp3) is 0.100. The van der Waals surface area contributed by atoms with Crippen molar-refractivity contribution in [2.24, 2.45) is 0 Å². The van der Waals surface area contributed by atoms with Gasteiger partial charge in [-0.25, -0.2) is 4.98 Å². The summed E-state index contributed by atoms with van der Waals surface area (Å²) in [7, 11) is 0. The average molecular weight is 191 g/mol. The van der Waals surface area contributed by atoms with Gasteiger partial charge in [-0.3, -0.25) is 0 Å². The Kier molecular flexibility index (Phi) is 1.96. The molecule has 0 aliphatic heterocycles. The van der Waals surface area contributed by atoms with Gasteiger partial charge in [0, 0.05) is 0 Å². The minimum Gasteiger partial charge on any atom is -0.303 e. The van der Waals surface area contributed by atoms with Crippen molar-refractivity contribution in [3.63, 3.8) is 0 Å². The van der Waals surface area contributed by atoms with Crippen molar-refractivity contribution in [1.29, 1.82) is 0 Å². The minimum atomic E-state index is 0.444. The van der Waals surface area contributed by atoms with Crippen molar-refractivity contribution >= 4 is 22.6 Å². The molecule has 2 rings (SSSR count). The highest BCUT2D eigenvalue weighted by Crippen LogP contribution is 2.18. The number of halogens is 1. The van der Waals surface area contributed by atoms with Gasteiger partial charge < -0.3 is 4.57 Å². The Balaban J connectivity index is 2.73. The fourth-order valence-corrected chi connectivity index (χ4v) is 1.53. The summed E-state index contributed by atoms with van der Waals surface area (Å²) in [4.78, 5) is 4.16. The molecule has 0 aliphatic carbocycles. The van der Waals surface area contributed by atoms with Crippen molar-refractivity contribution in [1.82, 2.24) is 9.55 Å². The van der Waals surface area contributed by atoms with Crippen LogP contribution in [0.25, 0.3) is 11.0 Å². The zero-order valence-electron chi connectivity index (χ0n) is 6.87. The molecular weight excluding hydrogens is 184 g/mol. The summed E-state index contributed by atoms with van der Waals surface area (Å²) in [6.45, 7) is 0.458. The van der Waals surface area contributed by atoms with Gasteiger partial charge in [0.1, 0.15) is 0 Å². The lowest BCUT2D eigenvalue weighted by molar-refractivity contribution is 0.872. The van der Waals surface area contributed by atoms with E-state index in [0.717, 1.165) is 11.0 Å². The molecule has 1 aromatic carbocycles. The lowest BCUT2D eigenvalue weighted by Gasteiger charge is -1.98. The van der Waals surface area contributed by atoms with E-state index in [9.17, 15) is 0 Å². The molecule has 0 atom stereocenters. The predicted octanol–water partition coefficient (Wildman–Crippen LogP) is 2.32. The summed E-state index contributed by atoms with van der Waals surface area (Å²) in [5.74, 6) is 2.54. The van der Waals surface area contributed by atoms with Crippen molar-refractivity contribution in [3.8, 4) is 12.3 Å². The van der Waals surface area contributed by atoms with E-state index in [1.54, 1.807) is 4.57 Å². The molecule has 2 aromatic rings. The maximum atomic E-state index is 5.90. The summed E-state index contributed by atoms with van der Waals surface area (Å²) in [5.41, 5.74) is 1.85. The van der Waals surface area contributed by atoms with Crippen LogP contribution in [0.5, 0.6) is 0 Å². The van der Waals surface area contributed by atoms with E-state index in [1.807, 2.05) is 24.3 Å². The predicted molar refractivity (Wildman–Crippen MR) is 53.6 cm³/mol. The van der Waals surface area contributed by atoms with E-state index >= 15 is 0 Å². The van der Waals surface area contributed by atoms with Crippen LogP contribution in [0.2, 0.25) is 5.28 Å². The van der Waals surface area contributed by atoms with Crippen LogP contribution in [0.15, 0.2) is 24.3 Å². The third-order valence-electron chi connectivity index (χ3n) is 1.86. The number of aromatic nitrogens is 2. The quantitative estimate of drug-likeness (QED) is 0.631. The van der Waals surface area contributed by atoms with Crippen molar-refractivity contribution in [2.75, 3.05) is 0 Å². The number of hydrogen-bond acceptors (Lipinski definition) is 1. The van der Waals surface area contributed by atoms with Crippen molar-refractivity contribution in [2.45, 2.75) is 6.54 Å². The van der Waals surface area contributed by atoms with Gasteiger partial charge in [0.15, 0.2) is 0 Å². The average Bonchev–Trinajstić information content (AvgIpc) is 2.44. The second-order valence-corrected chi connectivity index (χ2v) is 3.00. The van der Waals surface area contributed by atoms with Gasteiger partial charge >= 0.3 is 0 Å². The molecule has 64 valence electrons. The molecular formula is C10H7ClN2. The van der Waals surface area contributed by atoms with E-state index < -0.39 is 0 Å². The van der Waals surface area contributed by atoms with E-state index in [4.69, 9.17) is 18.0 Å². The second kappa shape index (κ2) is 3.12. The minimum absolute atomic E-state index is 0.444. The summed E-state index contributed by atoms with van der Waals surface area (Å²) >= 11 is 5.90. The topological polar surface area (TPSA) is 17.8 Å². The number of para-hydroxylation sites is 2. The van der Waals surface area contributed by atoms with E-state index in [-0.39, 0.29) is 0 Å². The Morgan fingerprint density at radius 3 is 3.00 bits per heavy atom. The van der Waals surface area contributed by atoms with Crippen LogP contribution in [0.1, 0.15) is 0 Å². The highest BCUT2D eigenvalue weighted by atomic mass is 35.5. The Morgan fingerprint density at radius 1 is 1.46 bits per heavy atom. The molecule has 0 amide bonds. The van der Waals surface area contributed by atoms with Crippen LogP contribution in [0.3, 0.4) is 0 Å². The summed E-state index contributed by atoms with van der Waals surface area (Å²) in [6, 6.07) is 7.72. The summed E-state index contributed by atoms with van der Waals surface area (Å²) < 4.78 is 1.80. The maximum absolute atomic E-state index is 5.90. The number of rotatable bonds is 1. The molecule has 1 heterocycles. The highest BCUT2D eigenvalue weighted by molar-refractivity contribution is 6.29. The molecule has 0 radical (unpaired) electrons. The van der Waals surface area contributed by atoms with E-state index in [2.05, 4.69) is 10.9 Å². The number of nitrogens with zero attached hydrogens (tertiary/aromatic N) is 2.